The topological polar surface area (TPSA) is 40.5 Å². The van der Waals surface area contributed by atoms with Crippen LogP contribution in [0.5, 0.6) is 0 Å². The highest BCUT2D eigenvalue weighted by atomic mass is 16.3. The van der Waals surface area contributed by atoms with Crippen LogP contribution < -0.4 is 0 Å². The molecule has 0 aromatic heterocycles. The number of nitrogens with zero attached hydrogens (tertiary/aromatic N) is 1. The molecule has 1 N–H and O–H groups in total. The molecule has 3 heteroatoms. The van der Waals surface area contributed by atoms with Gasteiger partial charge in [0.1, 0.15) is 0 Å². The van der Waals surface area contributed by atoms with Crippen LogP contribution in [0.15, 0.2) is 36.9 Å². The van der Waals surface area contributed by atoms with E-state index in [1.165, 1.54) is 0 Å². The van der Waals surface area contributed by atoms with Gasteiger partial charge in [-0.25, -0.2) is 0 Å². The number of aliphatic hydroxyl groups excluding tert-OH is 1. The first-order chi connectivity index (χ1) is 7.70. The zero-order chi connectivity index (χ0) is 12.0. The van der Waals surface area contributed by atoms with Gasteiger partial charge in [0, 0.05) is 18.7 Å². The number of hydrogen-bond donors (Lipinski definition) is 1. The lowest BCUT2D eigenvalue weighted by Gasteiger charge is -2.20. The van der Waals surface area contributed by atoms with Crippen molar-refractivity contribution in [2.45, 2.75) is 6.92 Å². The Morgan fingerprint density at radius 2 is 2.19 bits per heavy atom. The Bertz CT molecular complexity index is 374. The molecule has 86 valence electrons. The SMILES string of the molecule is C=CCN(CCO)C(=O)c1ccccc1C. The van der Waals surface area contributed by atoms with Crippen LogP contribution in [0.3, 0.4) is 0 Å². The fourth-order valence-electron chi connectivity index (χ4n) is 1.54. The number of carbonyl (C=O) groups is 1. The number of rotatable bonds is 5. The molecule has 1 aromatic carbocycles. The van der Waals surface area contributed by atoms with Crippen LogP contribution in [0.4, 0.5) is 0 Å². The van der Waals surface area contributed by atoms with Crippen molar-refractivity contribution in [3.8, 4) is 0 Å². The molecule has 0 saturated carbocycles. The van der Waals surface area contributed by atoms with Gasteiger partial charge in [0.2, 0.25) is 0 Å². The molecule has 16 heavy (non-hydrogen) atoms. The average molecular weight is 219 g/mol. The third-order valence-electron chi connectivity index (χ3n) is 2.38. The molecule has 0 spiro atoms. The van der Waals surface area contributed by atoms with Crippen molar-refractivity contribution in [1.82, 2.24) is 4.90 Å². The summed E-state index contributed by atoms with van der Waals surface area (Å²) >= 11 is 0. The minimum atomic E-state index is -0.0629. The molecule has 0 fully saturated rings. The highest BCUT2D eigenvalue weighted by Gasteiger charge is 2.15. The largest absolute Gasteiger partial charge is 0.395 e. The van der Waals surface area contributed by atoms with Crippen molar-refractivity contribution in [2.24, 2.45) is 0 Å². The Labute approximate surface area is 96.0 Å². The molecule has 1 rings (SSSR count). The van der Waals surface area contributed by atoms with Crippen molar-refractivity contribution >= 4 is 5.91 Å². The predicted octanol–water partition coefficient (Wildman–Crippen LogP) is 1.62. The summed E-state index contributed by atoms with van der Waals surface area (Å²) in [5, 5.41) is 8.90. The summed E-state index contributed by atoms with van der Waals surface area (Å²) in [5.41, 5.74) is 1.62. The van der Waals surface area contributed by atoms with Crippen LogP contribution in [0, 0.1) is 6.92 Å². The summed E-state index contributed by atoms with van der Waals surface area (Å²) in [6, 6.07) is 7.44. The molecule has 0 heterocycles. The summed E-state index contributed by atoms with van der Waals surface area (Å²) in [4.78, 5) is 13.7. The van der Waals surface area contributed by atoms with E-state index in [2.05, 4.69) is 6.58 Å². The van der Waals surface area contributed by atoms with E-state index in [0.29, 0.717) is 18.7 Å². The van der Waals surface area contributed by atoms with Gasteiger partial charge in [-0.2, -0.15) is 0 Å². The Kier molecular flexibility index (Phi) is 4.73. The fourth-order valence-corrected chi connectivity index (χ4v) is 1.54. The van der Waals surface area contributed by atoms with Gasteiger partial charge in [-0.15, -0.1) is 6.58 Å². The quantitative estimate of drug-likeness (QED) is 0.764. The number of amides is 1. The first-order valence-electron chi connectivity index (χ1n) is 5.27. The van der Waals surface area contributed by atoms with Gasteiger partial charge in [-0.3, -0.25) is 4.79 Å². The summed E-state index contributed by atoms with van der Waals surface area (Å²) in [5.74, 6) is -0.0629. The molecule has 0 saturated heterocycles. The van der Waals surface area contributed by atoms with Gasteiger partial charge in [0.05, 0.1) is 6.61 Å². The van der Waals surface area contributed by atoms with E-state index in [4.69, 9.17) is 5.11 Å². The lowest BCUT2D eigenvalue weighted by molar-refractivity contribution is 0.0742. The van der Waals surface area contributed by atoms with Crippen molar-refractivity contribution < 1.29 is 9.90 Å². The number of carbonyl (C=O) groups excluding carboxylic acids is 1. The van der Waals surface area contributed by atoms with Gasteiger partial charge >= 0.3 is 0 Å². The lowest BCUT2D eigenvalue weighted by Crippen LogP contribution is -2.34. The molecule has 0 atom stereocenters. The normalized spacial score (nSPS) is 9.88. The second-order valence-electron chi connectivity index (χ2n) is 3.58. The highest BCUT2D eigenvalue weighted by Crippen LogP contribution is 2.10. The maximum atomic E-state index is 12.1. The van der Waals surface area contributed by atoms with Gasteiger partial charge in [-0.1, -0.05) is 24.3 Å². The molecule has 0 unspecified atom stereocenters. The molecule has 0 radical (unpaired) electrons. The second-order valence-corrected chi connectivity index (χ2v) is 3.58. The number of benzene rings is 1. The molecular weight excluding hydrogens is 202 g/mol. The van der Waals surface area contributed by atoms with Crippen LogP contribution in [-0.4, -0.2) is 35.6 Å². The van der Waals surface area contributed by atoms with Crippen LogP contribution >= 0.6 is 0 Å². The second kappa shape index (κ2) is 6.08. The van der Waals surface area contributed by atoms with E-state index < -0.39 is 0 Å². The van der Waals surface area contributed by atoms with Crippen LogP contribution in [0.25, 0.3) is 0 Å². The zero-order valence-electron chi connectivity index (χ0n) is 9.52. The molecular formula is C13H17NO2. The number of aryl methyl sites for hydroxylation is 1. The van der Waals surface area contributed by atoms with Crippen LogP contribution in [0.2, 0.25) is 0 Å². The molecule has 0 bridgehead atoms. The Morgan fingerprint density at radius 3 is 2.75 bits per heavy atom. The zero-order valence-corrected chi connectivity index (χ0v) is 9.52. The van der Waals surface area contributed by atoms with E-state index in [9.17, 15) is 4.79 Å². The Morgan fingerprint density at radius 1 is 1.50 bits per heavy atom. The molecule has 0 aliphatic rings. The van der Waals surface area contributed by atoms with E-state index in [1.807, 2.05) is 25.1 Å². The van der Waals surface area contributed by atoms with Gasteiger partial charge in [-0.05, 0) is 18.6 Å². The lowest BCUT2D eigenvalue weighted by atomic mass is 10.1. The minimum Gasteiger partial charge on any atom is -0.395 e. The standard InChI is InChI=1S/C13H17NO2/c1-3-8-14(9-10-15)13(16)12-7-5-4-6-11(12)2/h3-7,15H,1,8-10H2,2H3. The molecule has 1 amide bonds. The van der Waals surface area contributed by atoms with E-state index >= 15 is 0 Å². The van der Waals surface area contributed by atoms with E-state index in [-0.39, 0.29) is 12.5 Å². The summed E-state index contributed by atoms with van der Waals surface area (Å²) in [6.45, 7) is 6.26. The van der Waals surface area contributed by atoms with Gasteiger partial charge in [0.15, 0.2) is 0 Å². The van der Waals surface area contributed by atoms with Crippen molar-refractivity contribution in [1.29, 1.82) is 0 Å². The smallest absolute Gasteiger partial charge is 0.254 e. The predicted molar refractivity (Wildman–Crippen MR) is 64.4 cm³/mol. The maximum Gasteiger partial charge on any atom is 0.254 e. The fraction of sp³-hybridized carbons (Fsp3) is 0.308. The van der Waals surface area contributed by atoms with E-state index in [1.54, 1.807) is 17.0 Å². The van der Waals surface area contributed by atoms with Gasteiger partial charge < -0.3 is 10.0 Å². The Hall–Kier alpha value is -1.61. The van der Waals surface area contributed by atoms with Crippen molar-refractivity contribution in [3.05, 3.63) is 48.0 Å². The van der Waals surface area contributed by atoms with Crippen molar-refractivity contribution in [2.75, 3.05) is 19.7 Å². The average Bonchev–Trinajstić information content (AvgIpc) is 2.28. The molecule has 3 nitrogen and oxygen atoms in total. The molecule has 1 aromatic rings. The summed E-state index contributed by atoms with van der Waals surface area (Å²) in [7, 11) is 0. The Balaban J connectivity index is 2.89. The number of aliphatic hydroxyl groups is 1. The third kappa shape index (κ3) is 2.94. The number of hydrogen-bond acceptors (Lipinski definition) is 2. The molecule has 0 aliphatic heterocycles. The minimum absolute atomic E-state index is 0.0362. The van der Waals surface area contributed by atoms with Crippen LogP contribution in [-0.2, 0) is 0 Å². The summed E-state index contributed by atoms with van der Waals surface area (Å²) in [6.07, 6.45) is 1.66. The van der Waals surface area contributed by atoms with Crippen LogP contribution in [0.1, 0.15) is 15.9 Å². The monoisotopic (exact) mass is 219 g/mol. The van der Waals surface area contributed by atoms with E-state index in [0.717, 1.165) is 5.56 Å². The maximum absolute atomic E-state index is 12.1. The highest BCUT2D eigenvalue weighted by molar-refractivity contribution is 5.95. The van der Waals surface area contributed by atoms with Gasteiger partial charge in [0.25, 0.3) is 5.91 Å². The first kappa shape index (κ1) is 12.5. The molecule has 0 aliphatic carbocycles. The first-order valence-corrected chi connectivity index (χ1v) is 5.27. The third-order valence-corrected chi connectivity index (χ3v) is 2.38. The summed E-state index contributed by atoms with van der Waals surface area (Å²) < 4.78 is 0. The van der Waals surface area contributed by atoms with Crippen molar-refractivity contribution in [3.63, 3.8) is 0 Å².